The number of carbonyl (C=O) groups is 1. The van der Waals surface area contributed by atoms with Gasteiger partial charge < -0.3 is 16.2 Å². The van der Waals surface area contributed by atoms with Crippen LogP contribution >= 0.6 is 11.3 Å². The molecule has 1 unspecified atom stereocenters. The van der Waals surface area contributed by atoms with Gasteiger partial charge in [-0.15, -0.1) is 11.3 Å². The zero-order chi connectivity index (χ0) is 14.9. The van der Waals surface area contributed by atoms with Crippen LogP contribution in [-0.2, 0) is 4.79 Å². The van der Waals surface area contributed by atoms with Crippen molar-refractivity contribution in [2.45, 2.75) is 6.04 Å². The van der Waals surface area contributed by atoms with Crippen LogP contribution in [0.1, 0.15) is 11.7 Å². The summed E-state index contributed by atoms with van der Waals surface area (Å²) < 4.78 is 39.2. The lowest BCUT2D eigenvalue weighted by Gasteiger charge is -2.05. The number of anilines is 2. The number of thiazole rings is 1. The van der Waals surface area contributed by atoms with Crippen molar-refractivity contribution in [1.29, 1.82) is 0 Å². The number of halogens is 3. The van der Waals surface area contributed by atoms with Crippen molar-refractivity contribution in [2.24, 2.45) is 5.73 Å². The number of nitrogens with one attached hydrogen (secondary N) is 1. The predicted molar refractivity (Wildman–Crippen MR) is 66.3 cm³/mol. The Bertz CT molecular complexity index is 662. The van der Waals surface area contributed by atoms with E-state index in [9.17, 15) is 18.0 Å². The Kier molecular flexibility index (Phi) is 3.91. The summed E-state index contributed by atoms with van der Waals surface area (Å²) in [6.45, 7) is 0. The molecule has 0 aliphatic rings. The zero-order valence-corrected chi connectivity index (χ0v) is 10.5. The van der Waals surface area contributed by atoms with Crippen molar-refractivity contribution in [3.63, 3.8) is 0 Å². The molecule has 0 aliphatic carbocycles. The van der Waals surface area contributed by atoms with Gasteiger partial charge in [0.2, 0.25) is 0 Å². The van der Waals surface area contributed by atoms with Gasteiger partial charge in [0.1, 0.15) is 6.04 Å². The molecule has 1 atom stereocenters. The molecule has 1 aromatic heterocycles. The average molecular weight is 303 g/mol. The molecule has 1 aromatic carbocycles. The van der Waals surface area contributed by atoms with Crippen molar-refractivity contribution in [1.82, 2.24) is 4.98 Å². The average Bonchev–Trinajstić information content (AvgIpc) is 2.87. The standard InChI is InChI=1S/C11H8F3N3O2S/c12-4-1-2-5(8(14)7(4)13)16-11-17-6(3-20-11)9(15)10(18)19/h1-3,9H,15H2,(H,16,17)(H,18,19). The van der Waals surface area contributed by atoms with Gasteiger partial charge in [-0.3, -0.25) is 4.79 Å². The maximum atomic E-state index is 13.4. The third kappa shape index (κ3) is 2.73. The molecule has 0 radical (unpaired) electrons. The Labute approximate surface area is 114 Å². The van der Waals surface area contributed by atoms with E-state index in [2.05, 4.69) is 10.3 Å². The number of carboxylic acids is 1. The highest BCUT2D eigenvalue weighted by Crippen LogP contribution is 2.26. The van der Waals surface area contributed by atoms with E-state index in [1.807, 2.05) is 0 Å². The largest absolute Gasteiger partial charge is 0.480 e. The highest BCUT2D eigenvalue weighted by atomic mass is 32.1. The Hall–Kier alpha value is -2.13. The Morgan fingerprint density at radius 2 is 2.05 bits per heavy atom. The minimum Gasteiger partial charge on any atom is -0.480 e. The van der Waals surface area contributed by atoms with E-state index >= 15 is 0 Å². The topological polar surface area (TPSA) is 88.2 Å². The van der Waals surface area contributed by atoms with Crippen LogP contribution in [0.3, 0.4) is 0 Å². The zero-order valence-electron chi connectivity index (χ0n) is 9.73. The van der Waals surface area contributed by atoms with E-state index < -0.39 is 29.5 Å². The van der Waals surface area contributed by atoms with Gasteiger partial charge in [-0.25, -0.2) is 18.2 Å². The van der Waals surface area contributed by atoms with Gasteiger partial charge in [0.15, 0.2) is 22.6 Å². The first-order chi connectivity index (χ1) is 9.40. The van der Waals surface area contributed by atoms with Gasteiger partial charge in [-0.2, -0.15) is 0 Å². The molecule has 4 N–H and O–H groups in total. The van der Waals surface area contributed by atoms with E-state index in [0.717, 1.165) is 23.5 Å². The summed E-state index contributed by atoms with van der Waals surface area (Å²) in [4.78, 5) is 14.5. The number of nitrogens with two attached hydrogens (primary N) is 1. The molecular weight excluding hydrogens is 295 g/mol. The third-order valence-corrected chi connectivity index (χ3v) is 3.16. The van der Waals surface area contributed by atoms with E-state index in [1.54, 1.807) is 0 Å². The monoisotopic (exact) mass is 303 g/mol. The summed E-state index contributed by atoms with van der Waals surface area (Å²) in [6, 6.07) is 0.459. The van der Waals surface area contributed by atoms with Crippen molar-refractivity contribution >= 4 is 28.1 Å². The fraction of sp³-hybridized carbons (Fsp3) is 0.0909. The molecule has 2 rings (SSSR count). The van der Waals surface area contributed by atoms with E-state index in [0.29, 0.717) is 0 Å². The Balaban J connectivity index is 2.23. The van der Waals surface area contributed by atoms with Crippen LogP contribution in [-0.4, -0.2) is 16.1 Å². The minimum atomic E-state index is -1.60. The number of benzene rings is 1. The molecule has 106 valence electrons. The lowest BCUT2D eigenvalue weighted by atomic mass is 10.2. The molecule has 0 amide bonds. The number of rotatable bonds is 4. The Morgan fingerprint density at radius 1 is 1.35 bits per heavy atom. The molecule has 0 spiro atoms. The molecule has 0 aliphatic heterocycles. The smallest absolute Gasteiger partial charge is 0.326 e. The van der Waals surface area contributed by atoms with Gasteiger partial charge in [0.25, 0.3) is 0 Å². The van der Waals surface area contributed by atoms with Crippen LogP contribution in [0, 0.1) is 17.5 Å². The first-order valence-electron chi connectivity index (χ1n) is 5.24. The SMILES string of the molecule is NC(C(=O)O)c1csc(Nc2ccc(F)c(F)c2F)n1. The van der Waals surface area contributed by atoms with Crippen LogP contribution in [0.5, 0.6) is 0 Å². The van der Waals surface area contributed by atoms with Gasteiger partial charge in [0, 0.05) is 5.38 Å². The lowest BCUT2D eigenvalue weighted by Crippen LogP contribution is -2.20. The molecule has 5 nitrogen and oxygen atoms in total. The number of nitrogens with zero attached hydrogens (tertiary/aromatic N) is 1. The van der Waals surface area contributed by atoms with Crippen LogP contribution < -0.4 is 11.1 Å². The van der Waals surface area contributed by atoms with Crippen LogP contribution in [0.4, 0.5) is 24.0 Å². The maximum absolute atomic E-state index is 13.4. The fourth-order valence-electron chi connectivity index (χ4n) is 1.35. The molecule has 0 bridgehead atoms. The van der Waals surface area contributed by atoms with Crippen LogP contribution in [0.15, 0.2) is 17.5 Å². The second kappa shape index (κ2) is 5.47. The van der Waals surface area contributed by atoms with Crippen LogP contribution in [0.2, 0.25) is 0 Å². The minimum absolute atomic E-state index is 0.0768. The molecule has 0 saturated carbocycles. The first kappa shape index (κ1) is 14.3. The first-order valence-corrected chi connectivity index (χ1v) is 6.12. The summed E-state index contributed by atoms with van der Waals surface area (Å²) in [6.07, 6.45) is 0. The molecule has 20 heavy (non-hydrogen) atoms. The number of aliphatic carboxylic acids is 1. The number of aromatic nitrogens is 1. The second-order valence-electron chi connectivity index (χ2n) is 3.74. The summed E-state index contributed by atoms with van der Waals surface area (Å²) in [5, 5.41) is 12.6. The van der Waals surface area contributed by atoms with Crippen molar-refractivity contribution in [2.75, 3.05) is 5.32 Å². The maximum Gasteiger partial charge on any atom is 0.326 e. The second-order valence-corrected chi connectivity index (χ2v) is 4.60. The van der Waals surface area contributed by atoms with Gasteiger partial charge in [-0.05, 0) is 12.1 Å². The summed E-state index contributed by atoms with van der Waals surface area (Å²) >= 11 is 0.960. The predicted octanol–water partition coefficient (Wildman–Crippen LogP) is 2.39. The van der Waals surface area contributed by atoms with Gasteiger partial charge >= 0.3 is 5.97 Å². The molecule has 0 saturated heterocycles. The van der Waals surface area contributed by atoms with E-state index in [1.165, 1.54) is 5.38 Å². The van der Waals surface area contributed by atoms with Gasteiger partial charge in [0.05, 0.1) is 11.4 Å². The number of carboxylic acid groups (broad SMARTS) is 1. The van der Waals surface area contributed by atoms with Crippen molar-refractivity contribution < 1.29 is 23.1 Å². The van der Waals surface area contributed by atoms with Crippen LogP contribution in [0.25, 0.3) is 0 Å². The quantitative estimate of drug-likeness (QED) is 0.755. The van der Waals surface area contributed by atoms with Gasteiger partial charge in [-0.1, -0.05) is 0 Å². The lowest BCUT2D eigenvalue weighted by molar-refractivity contribution is -0.138. The summed E-state index contributed by atoms with van der Waals surface area (Å²) in [5.74, 6) is -5.56. The van der Waals surface area contributed by atoms with E-state index in [-0.39, 0.29) is 16.5 Å². The molecular formula is C11H8F3N3O2S. The normalized spacial score (nSPS) is 12.2. The molecule has 2 aromatic rings. The molecule has 0 fully saturated rings. The highest BCUT2D eigenvalue weighted by Gasteiger charge is 2.19. The molecule has 1 heterocycles. The third-order valence-electron chi connectivity index (χ3n) is 2.38. The van der Waals surface area contributed by atoms with Crippen molar-refractivity contribution in [3.05, 3.63) is 40.7 Å². The highest BCUT2D eigenvalue weighted by molar-refractivity contribution is 7.13. The summed E-state index contributed by atoms with van der Waals surface area (Å²) in [7, 11) is 0. The van der Waals surface area contributed by atoms with Crippen molar-refractivity contribution in [3.8, 4) is 0 Å². The fourth-order valence-corrected chi connectivity index (χ4v) is 2.11. The molecule has 9 heteroatoms. The Morgan fingerprint density at radius 3 is 2.70 bits per heavy atom. The van der Waals surface area contributed by atoms with E-state index in [4.69, 9.17) is 10.8 Å². The number of hydrogen-bond acceptors (Lipinski definition) is 5. The summed E-state index contributed by atoms with van der Waals surface area (Å²) in [5.41, 5.74) is 5.12. The number of hydrogen-bond donors (Lipinski definition) is 3.